The molecule has 18 heavy (non-hydrogen) atoms. The van der Waals surface area contributed by atoms with Crippen molar-refractivity contribution in [2.45, 2.75) is 38.1 Å². The summed E-state index contributed by atoms with van der Waals surface area (Å²) in [5.74, 6) is 1.64. The molecule has 0 bridgehead atoms. The molecule has 0 fully saturated rings. The molecule has 1 aliphatic heterocycles. The van der Waals surface area contributed by atoms with E-state index in [0.717, 1.165) is 37.1 Å². The van der Waals surface area contributed by atoms with Crippen LogP contribution in [0, 0.1) is 0 Å². The molecular weight excluding hydrogens is 290 g/mol. The molecule has 1 aromatic carbocycles. The Morgan fingerprint density at radius 3 is 2.94 bits per heavy atom. The van der Waals surface area contributed by atoms with Crippen molar-refractivity contribution in [3.8, 4) is 5.75 Å². The van der Waals surface area contributed by atoms with Gasteiger partial charge in [0.1, 0.15) is 5.75 Å². The van der Waals surface area contributed by atoms with Crippen molar-refractivity contribution >= 4 is 15.9 Å². The summed E-state index contributed by atoms with van der Waals surface area (Å²) in [6, 6.07) is 8.41. The van der Waals surface area contributed by atoms with E-state index >= 15 is 0 Å². The Hall–Kier alpha value is -0.540. The molecule has 0 aliphatic carbocycles. The largest absolute Gasteiger partial charge is 0.493 e. The predicted octanol–water partition coefficient (Wildman–Crippen LogP) is 3.71. The highest BCUT2D eigenvalue weighted by Gasteiger charge is 2.23. The van der Waals surface area contributed by atoms with Gasteiger partial charge < -0.3 is 10.1 Å². The minimum atomic E-state index is 0.191. The van der Waals surface area contributed by atoms with Crippen molar-refractivity contribution in [2.75, 3.05) is 18.5 Å². The fraction of sp³-hybridized carbons (Fsp3) is 0.600. The lowest BCUT2D eigenvalue weighted by atomic mass is 9.91. The van der Waals surface area contributed by atoms with Crippen molar-refractivity contribution in [3.05, 3.63) is 29.8 Å². The lowest BCUT2D eigenvalue weighted by molar-refractivity contribution is 0.255. The van der Waals surface area contributed by atoms with E-state index in [0.29, 0.717) is 5.92 Å². The van der Waals surface area contributed by atoms with Gasteiger partial charge in [-0.2, -0.15) is 0 Å². The number of halogens is 1. The lowest BCUT2D eigenvalue weighted by Gasteiger charge is -2.31. The highest BCUT2D eigenvalue weighted by molar-refractivity contribution is 9.09. The monoisotopic (exact) mass is 311 g/mol. The number of hydrogen-bond acceptors (Lipinski definition) is 2. The number of rotatable bonds is 5. The number of benzene rings is 1. The molecule has 0 saturated heterocycles. The van der Waals surface area contributed by atoms with E-state index in [-0.39, 0.29) is 5.54 Å². The Kier molecular flexibility index (Phi) is 4.68. The lowest BCUT2D eigenvalue weighted by Crippen LogP contribution is -2.42. The summed E-state index contributed by atoms with van der Waals surface area (Å²) in [6.07, 6.45) is 2.24. The molecule has 0 spiro atoms. The minimum Gasteiger partial charge on any atom is -0.493 e. The van der Waals surface area contributed by atoms with Gasteiger partial charge in [-0.1, -0.05) is 34.1 Å². The van der Waals surface area contributed by atoms with Crippen molar-refractivity contribution in [3.63, 3.8) is 0 Å². The standard InChI is InChI=1S/C15H22BrNO/c1-15(2,8-9-16)17-11-12-7-10-18-14-6-4-3-5-13(12)14/h3-6,12,17H,7-11H2,1-2H3. The van der Waals surface area contributed by atoms with Crippen LogP contribution in [0.1, 0.15) is 38.2 Å². The number of para-hydroxylation sites is 1. The van der Waals surface area contributed by atoms with Crippen LogP contribution in [0.5, 0.6) is 5.75 Å². The number of ether oxygens (including phenoxy) is 1. The van der Waals surface area contributed by atoms with Crippen LogP contribution in [0.15, 0.2) is 24.3 Å². The second-order valence-corrected chi connectivity index (χ2v) is 6.37. The number of nitrogens with one attached hydrogen (secondary N) is 1. The molecule has 100 valence electrons. The third-order valence-electron chi connectivity index (χ3n) is 3.63. The molecule has 0 amide bonds. The van der Waals surface area contributed by atoms with Gasteiger partial charge in [0.15, 0.2) is 0 Å². The smallest absolute Gasteiger partial charge is 0.122 e. The van der Waals surface area contributed by atoms with Gasteiger partial charge in [-0.25, -0.2) is 0 Å². The quantitative estimate of drug-likeness (QED) is 0.837. The Morgan fingerprint density at radius 1 is 1.39 bits per heavy atom. The van der Waals surface area contributed by atoms with E-state index in [1.807, 2.05) is 6.07 Å². The maximum absolute atomic E-state index is 5.70. The van der Waals surface area contributed by atoms with Crippen LogP contribution in [-0.4, -0.2) is 24.0 Å². The van der Waals surface area contributed by atoms with E-state index in [1.54, 1.807) is 0 Å². The normalized spacial score (nSPS) is 19.2. The van der Waals surface area contributed by atoms with E-state index in [1.165, 1.54) is 5.56 Å². The average Bonchev–Trinajstić information content (AvgIpc) is 2.36. The van der Waals surface area contributed by atoms with Crippen LogP contribution >= 0.6 is 15.9 Å². The molecule has 2 rings (SSSR count). The fourth-order valence-corrected chi connectivity index (χ4v) is 3.34. The molecule has 1 heterocycles. The van der Waals surface area contributed by atoms with E-state index in [4.69, 9.17) is 4.74 Å². The summed E-state index contributed by atoms with van der Waals surface area (Å²) in [7, 11) is 0. The zero-order chi connectivity index (χ0) is 13.0. The predicted molar refractivity (Wildman–Crippen MR) is 79.8 cm³/mol. The number of alkyl halides is 1. The molecule has 0 aromatic heterocycles. The van der Waals surface area contributed by atoms with Crippen molar-refractivity contribution < 1.29 is 4.74 Å². The number of hydrogen-bond donors (Lipinski definition) is 1. The summed E-state index contributed by atoms with van der Waals surface area (Å²) in [5, 5.41) is 4.72. The highest BCUT2D eigenvalue weighted by Crippen LogP contribution is 2.33. The Morgan fingerprint density at radius 2 is 2.17 bits per heavy atom. The summed E-state index contributed by atoms with van der Waals surface area (Å²) < 4.78 is 5.70. The Bertz CT molecular complexity index is 392. The molecule has 1 aromatic rings. The van der Waals surface area contributed by atoms with E-state index in [2.05, 4.69) is 53.3 Å². The summed E-state index contributed by atoms with van der Waals surface area (Å²) in [5.41, 5.74) is 1.54. The maximum Gasteiger partial charge on any atom is 0.122 e. The summed E-state index contributed by atoms with van der Waals surface area (Å²) >= 11 is 3.52. The van der Waals surface area contributed by atoms with Gasteiger partial charge in [0, 0.05) is 23.3 Å². The minimum absolute atomic E-state index is 0.191. The zero-order valence-electron chi connectivity index (χ0n) is 11.2. The summed E-state index contributed by atoms with van der Waals surface area (Å²) in [4.78, 5) is 0. The summed E-state index contributed by atoms with van der Waals surface area (Å²) in [6.45, 7) is 6.39. The van der Waals surface area contributed by atoms with Crippen LogP contribution < -0.4 is 10.1 Å². The van der Waals surface area contributed by atoms with E-state index in [9.17, 15) is 0 Å². The van der Waals surface area contributed by atoms with Gasteiger partial charge in [-0.05, 0) is 38.3 Å². The van der Waals surface area contributed by atoms with Gasteiger partial charge in [0.2, 0.25) is 0 Å². The van der Waals surface area contributed by atoms with Gasteiger partial charge in [0.25, 0.3) is 0 Å². The van der Waals surface area contributed by atoms with Gasteiger partial charge in [-0.3, -0.25) is 0 Å². The Balaban J connectivity index is 1.99. The first-order valence-corrected chi connectivity index (χ1v) is 7.77. The second kappa shape index (κ2) is 6.07. The first-order valence-electron chi connectivity index (χ1n) is 6.65. The molecule has 3 heteroatoms. The third kappa shape index (κ3) is 3.48. The molecule has 0 radical (unpaired) electrons. The molecule has 1 atom stereocenters. The topological polar surface area (TPSA) is 21.3 Å². The van der Waals surface area contributed by atoms with Crippen LogP contribution in [-0.2, 0) is 0 Å². The average molecular weight is 312 g/mol. The van der Waals surface area contributed by atoms with Gasteiger partial charge in [-0.15, -0.1) is 0 Å². The molecular formula is C15H22BrNO. The van der Waals surface area contributed by atoms with Crippen LogP contribution in [0.4, 0.5) is 0 Å². The molecule has 0 saturated carbocycles. The molecule has 1 unspecified atom stereocenters. The van der Waals surface area contributed by atoms with Crippen molar-refractivity contribution in [1.29, 1.82) is 0 Å². The molecule has 1 N–H and O–H groups in total. The van der Waals surface area contributed by atoms with Crippen molar-refractivity contribution in [1.82, 2.24) is 5.32 Å². The van der Waals surface area contributed by atoms with Crippen molar-refractivity contribution in [2.24, 2.45) is 0 Å². The third-order valence-corrected chi connectivity index (χ3v) is 4.03. The highest BCUT2D eigenvalue weighted by atomic mass is 79.9. The number of fused-ring (bicyclic) bond motifs is 1. The van der Waals surface area contributed by atoms with E-state index < -0.39 is 0 Å². The van der Waals surface area contributed by atoms with Crippen LogP contribution in [0.3, 0.4) is 0 Å². The van der Waals surface area contributed by atoms with Crippen LogP contribution in [0.2, 0.25) is 0 Å². The van der Waals surface area contributed by atoms with Gasteiger partial charge in [0.05, 0.1) is 6.61 Å². The first-order chi connectivity index (χ1) is 8.62. The zero-order valence-corrected chi connectivity index (χ0v) is 12.8. The first kappa shape index (κ1) is 13.9. The van der Waals surface area contributed by atoms with Crippen LogP contribution in [0.25, 0.3) is 0 Å². The molecule has 2 nitrogen and oxygen atoms in total. The van der Waals surface area contributed by atoms with Gasteiger partial charge >= 0.3 is 0 Å². The SMILES string of the molecule is CC(C)(CCBr)NCC1CCOc2ccccc21. The second-order valence-electron chi connectivity index (χ2n) is 5.58. The fourth-order valence-electron chi connectivity index (χ4n) is 2.35. The maximum atomic E-state index is 5.70. The molecule has 1 aliphatic rings. The Labute approximate surface area is 118 Å².